The summed E-state index contributed by atoms with van der Waals surface area (Å²) >= 11 is 0. The molecule has 0 aliphatic heterocycles. The normalized spacial score (nSPS) is 11.6. The Morgan fingerprint density at radius 3 is 2.15 bits per heavy atom. The second-order valence-electron chi connectivity index (χ2n) is 8.46. The molecule has 0 radical (unpaired) electrons. The molecule has 2 amide bonds. The molecule has 0 aliphatic carbocycles. The van der Waals surface area contributed by atoms with Crippen LogP contribution in [0.1, 0.15) is 42.3 Å². The van der Waals surface area contributed by atoms with Crippen molar-refractivity contribution < 1.29 is 33.4 Å². The van der Waals surface area contributed by atoms with Crippen molar-refractivity contribution in [1.82, 2.24) is 10.6 Å². The number of alkyl carbamates (subject to hydrolysis) is 1. The van der Waals surface area contributed by atoms with E-state index < -0.39 is 35.6 Å². The summed E-state index contributed by atoms with van der Waals surface area (Å²) in [6.45, 7) is 5.03. The minimum absolute atomic E-state index is 0.0678. The van der Waals surface area contributed by atoms with E-state index in [9.17, 15) is 19.2 Å². The molecule has 9 nitrogen and oxygen atoms in total. The maximum atomic E-state index is 12.3. The predicted molar refractivity (Wildman–Crippen MR) is 124 cm³/mol. The zero-order valence-corrected chi connectivity index (χ0v) is 19.8. The molecule has 0 spiro atoms. The topological polar surface area (TPSA) is 120 Å². The largest absolute Gasteiger partial charge is 0.467 e. The van der Waals surface area contributed by atoms with Gasteiger partial charge in [-0.05, 0) is 44.0 Å². The third-order valence-corrected chi connectivity index (χ3v) is 4.46. The summed E-state index contributed by atoms with van der Waals surface area (Å²) in [6, 6.07) is 14.6. The van der Waals surface area contributed by atoms with Gasteiger partial charge in [0.1, 0.15) is 24.8 Å². The average Bonchev–Trinajstić information content (AvgIpc) is 2.80. The van der Waals surface area contributed by atoms with E-state index in [1.165, 1.54) is 7.11 Å². The number of amides is 2. The minimum atomic E-state index is -0.980. The SMILES string of the molecule is COC(=O)[C@@H](Cc1ccc(C(=O)OC(C)(C)C)cc1)NC(=O)CNC(=O)OCc1ccccc1. The van der Waals surface area contributed by atoms with E-state index in [2.05, 4.69) is 10.6 Å². The van der Waals surface area contributed by atoms with Crippen LogP contribution in [0.5, 0.6) is 0 Å². The van der Waals surface area contributed by atoms with Crippen LogP contribution in [0.15, 0.2) is 54.6 Å². The minimum Gasteiger partial charge on any atom is -0.467 e. The summed E-state index contributed by atoms with van der Waals surface area (Å²) in [7, 11) is 1.21. The van der Waals surface area contributed by atoms with E-state index in [4.69, 9.17) is 14.2 Å². The van der Waals surface area contributed by atoms with E-state index in [0.717, 1.165) is 5.56 Å². The molecule has 2 aromatic rings. The van der Waals surface area contributed by atoms with Gasteiger partial charge < -0.3 is 24.8 Å². The smallest absolute Gasteiger partial charge is 0.407 e. The number of carbonyl (C=O) groups excluding carboxylic acids is 4. The van der Waals surface area contributed by atoms with Crippen molar-refractivity contribution in [2.45, 2.75) is 45.4 Å². The fourth-order valence-corrected chi connectivity index (χ4v) is 2.86. The summed E-state index contributed by atoms with van der Waals surface area (Å²) in [5.41, 5.74) is 1.26. The third kappa shape index (κ3) is 9.32. The Kier molecular flexibility index (Phi) is 9.61. The second-order valence-corrected chi connectivity index (χ2v) is 8.46. The van der Waals surface area contributed by atoms with Crippen LogP contribution in [0.3, 0.4) is 0 Å². The highest BCUT2D eigenvalue weighted by Crippen LogP contribution is 2.14. The van der Waals surface area contributed by atoms with E-state index in [1.54, 1.807) is 57.2 Å². The van der Waals surface area contributed by atoms with Gasteiger partial charge in [-0.3, -0.25) is 4.79 Å². The Morgan fingerprint density at radius 1 is 0.912 bits per heavy atom. The highest BCUT2D eigenvalue weighted by atomic mass is 16.6. The first-order valence-electron chi connectivity index (χ1n) is 10.7. The van der Waals surface area contributed by atoms with Crippen LogP contribution in [0.25, 0.3) is 0 Å². The molecule has 0 fully saturated rings. The van der Waals surface area contributed by atoms with Crippen molar-refractivity contribution >= 4 is 23.9 Å². The Bertz CT molecular complexity index is 983. The van der Waals surface area contributed by atoms with Gasteiger partial charge in [-0.15, -0.1) is 0 Å². The number of hydrogen-bond acceptors (Lipinski definition) is 7. The Balaban J connectivity index is 1.87. The van der Waals surface area contributed by atoms with Gasteiger partial charge in [0, 0.05) is 6.42 Å². The molecular weight excluding hydrogens is 440 g/mol. The molecular formula is C25H30N2O7. The summed E-state index contributed by atoms with van der Waals surface area (Å²) in [5.74, 6) is -1.68. The summed E-state index contributed by atoms with van der Waals surface area (Å²) in [6.07, 6.45) is -0.628. The van der Waals surface area contributed by atoms with Gasteiger partial charge in [0.25, 0.3) is 0 Å². The Hall–Kier alpha value is -3.88. The molecule has 2 aromatic carbocycles. The summed E-state index contributed by atoms with van der Waals surface area (Å²) in [4.78, 5) is 48.4. The highest BCUT2D eigenvalue weighted by molar-refractivity contribution is 5.90. The number of benzene rings is 2. The zero-order valence-electron chi connectivity index (χ0n) is 19.8. The first-order chi connectivity index (χ1) is 16.1. The lowest BCUT2D eigenvalue weighted by molar-refractivity contribution is -0.144. The van der Waals surface area contributed by atoms with Gasteiger partial charge in [0.15, 0.2) is 0 Å². The number of methoxy groups -OCH3 is 1. The number of esters is 2. The first-order valence-corrected chi connectivity index (χ1v) is 10.7. The van der Waals surface area contributed by atoms with E-state index in [0.29, 0.717) is 11.1 Å². The van der Waals surface area contributed by atoms with Gasteiger partial charge in [-0.1, -0.05) is 42.5 Å². The molecule has 9 heteroatoms. The summed E-state index contributed by atoms with van der Waals surface area (Å²) in [5, 5.41) is 4.88. The molecule has 0 saturated carbocycles. The molecule has 0 saturated heterocycles. The monoisotopic (exact) mass is 470 g/mol. The Morgan fingerprint density at radius 2 is 1.56 bits per heavy atom. The van der Waals surface area contributed by atoms with Crippen LogP contribution in [-0.4, -0.2) is 49.2 Å². The van der Waals surface area contributed by atoms with Crippen LogP contribution in [0.2, 0.25) is 0 Å². The molecule has 0 heterocycles. The van der Waals surface area contributed by atoms with Gasteiger partial charge in [-0.2, -0.15) is 0 Å². The lowest BCUT2D eigenvalue weighted by Crippen LogP contribution is -2.47. The van der Waals surface area contributed by atoms with Crippen LogP contribution in [-0.2, 0) is 36.8 Å². The molecule has 2 N–H and O–H groups in total. The fourth-order valence-electron chi connectivity index (χ4n) is 2.86. The highest BCUT2D eigenvalue weighted by Gasteiger charge is 2.23. The number of ether oxygens (including phenoxy) is 3. The maximum Gasteiger partial charge on any atom is 0.407 e. The molecule has 182 valence electrons. The van der Waals surface area contributed by atoms with Crippen molar-refractivity contribution in [1.29, 1.82) is 0 Å². The predicted octanol–water partition coefficient (Wildman–Crippen LogP) is 2.77. The fraction of sp³-hybridized carbons (Fsp3) is 0.360. The molecule has 34 heavy (non-hydrogen) atoms. The average molecular weight is 471 g/mol. The van der Waals surface area contributed by atoms with Crippen molar-refractivity contribution in [3.63, 3.8) is 0 Å². The molecule has 2 rings (SSSR count). The zero-order chi connectivity index (χ0) is 25.1. The quantitative estimate of drug-likeness (QED) is 0.427. The third-order valence-electron chi connectivity index (χ3n) is 4.46. The molecule has 0 unspecified atom stereocenters. The summed E-state index contributed by atoms with van der Waals surface area (Å²) < 4.78 is 15.2. The number of hydrogen-bond donors (Lipinski definition) is 2. The number of nitrogens with one attached hydrogen (secondary N) is 2. The van der Waals surface area contributed by atoms with Crippen molar-refractivity contribution in [3.05, 3.63) is 71.3 Å². The van der Waals surface area contributed by atoms with Crippen molar-refractivity contribution in [3.8, 4) is 0 Å². The van der Waals surface area contributed by atoms with Crippen LogP contribution in [0, 0.1) is 0 Å². The van der Waals surface area contributed by atoms with Gasteiger partial charge >= 0.3 is 18.0 Å². The number of rotatable bonds is 9. The standard InChI is InChI=1S/C25H30N2O7/c1-25(2,3)34-22(29)19-12-10-17(11-13-19)14-20(23(30)32-4)27-21(28)15-26-24(31)33-16-18-8-6-5-7-9-18/h5-13,20H,14-16H2,1-4H3,(H,26,31)(H,27,28)/t20-/m1/s1. The number of carbonyl (C=O) groups is 4. The lowest BCUT2D eigenvalue weighted by Gasteiger charge is -2.20. The van der Waals surface area contributed by atoms with Crippen LogP contribution >= 0.6 is 0 Å². The lowest BCUT2D eigenvalue weighted by atomic mass is 10.0. The van der Waals surface area contributed by atoms with Crippen molar-refractivity contribution in [2.24, 2.45) is 0 Å². The first kappa shape index (κ1) is 26.4. The van der Waals surface area contributed by atoms with Crippen molar-refractivity contribution in [2.75, 3.05) is 13.7 Å². The van der Waals surface area contributed by atoms with E-state index in [-0.39, 0.29) is 19.6 Å². The molecule has 0 aromatic heterocycles. The Labute approximate surface area is 198 Å². The molecule has 0 bridgehead atoms. The van der Waals surface area contributed by atoms with E-state index >= 15 is 0 Å². The second kappa shape index (κ2) is 12.4. The molecule has 1 atom stereocenters. The van der Waals surface area contributed by atoms with E-state index in [1.807, 2.05) is 18.2 Å². The van der Waals surface area contributed by atoms with Crippen LogP contribution < -0.4 is 10.6 Å². The van der Waals surface area contributed by atoms with Gasteiger partial charge in [-0.25, -0.2) is 14.4 Å². The van der Waals surface area contributed by atoms with Gasteiger partial charge in [0.2, 0.25) is 5.91 Å². The maximum absolute atomic E-state index is 12.3. The molecule has 0 aliphatic rings. The van der Waals surface area contributed by atoms with Gasteiger partial charge in [0.05, 0.1) is 12.7 Å². The van der Waals surface area contributed by atoms with Crippen LogP contribution in [0.4, 0.5) is 4.79 Å².